The van der Waals surface area contributed by atoms with Gasteiger partial charge in [-0.2, -0.15) is 13.2 Å². The van der Waals surface area contributed by atoms with E-state index in [1.54, 1.807) is 0 Å². The molecule has 1 atom stereocenters. The van der Waals surface area contributed by atoms with Crippen molar-refractivity contribution in [1.82, 2.24) is 5.32 Å². The minimum Gasteiger partial charge on any atom is -0.467 e. The van der Waals surface area contributed by atoms with E-state index in [1.165, 1.54) is 19.2 Å². The number of ether oxygens (including phenoxy) is 1. The number of hydrogen-bond acceptors (Lipinski definition) is 3. The van der Waals surface area contributed by atoms with Crippen LogP contribution in [0, 0.1) is 0 Å². The van der Waals surface area contributed by atoms with Crippen molar-refractivity contribution in [3.05, 3.63) is 35.4 Å². The van der Waals surface area contributed by atoms with Gasteiger partial charge in [0.1, 0.15) is 6.04 Å². The highest BCUT2D eigenvalue weighted by atomic mass is 19.4. The van der Waals surface area contributed by atoms with Gasteiger partial charge in [-0.15, -0.1) is 0 Å². The number of alkyl halides is 3. The molecule has 0 aliphatic carbocycles. The van der Waals surface area contributed by atoms with Gasteiger partial charge in [-0.25, -0.2) is 4.79 Å². The molecule has 0 heterocycles. The Kier molecular flexibility index (Phi) is 7.74. The van der Waals surface area contributed by atoms with Crippen LogP contribution in [0.2, 0.25) is 0 Å². The first kappa shape index (κ1) is 20.0. The minimum atomic E-state index is -4.64. The Labute approximate surface area is 139 Å². The lowest BCUT2D eigenvalue weighted by Crippen LogP contribution is -2.42. The van der Waals surface area contributed by atoms with Crippen molar-refractivity contribution in [1.29, 1.82) is 0 Å². The van der Waals surface area contributed by atoms with E-state index in [-0.39, 0.29) is 0 Å². The molecule has 0 spiro atoms. The maximum atomic E-state index is 13.0. The molecule has 0 saturated carbocycles. The fourth-order valence-corrected chi connectivity index (χ4v) is 2.33. The van der Waals surface area contributed by atoms with Crippen LogP contribution < -0.4 is 5.32 Å². The van der Waals surface area contributed by atoms with Crippen molar-refractivity contribution < 1.29 is 27.5 Å². The average Bonchev–Trinajstić information content (AvgIpc) is 2.56. The van der Waals surface area contributed by atoms with Crippen molar-refractivity contribution in [3.63, 3.8) is 0 Å². The molecule has 134 valence electrons. The number of nitrogens with one attached hydrogen (secondary N) is 1. The number of carbonyl (C=O) groups excluding carboxylic acids is 2. The number of rotatable bonds is 8. The largest absolute Gasteiger partial charge is 0.467 e. The van der Waals surface area contributed by atoms with E-state index >= 15 is 0 Å². The summed E-state index contributed by atoms with van der Waals surface area (Å²) in [5.74, 6) is -1.60. The second kappa shape index (κ2) is 9.30. The first-order valence-electron chi connectivity index (χ1n) is 7.86. The quantitative estimate of drug-likeness (QED) is 0.573. The molecule has 0 aliphatic heterocycles. The third-order valence-corrected chi connectivity index (χ3v) is 3.61. The monoisotopic (exact) mass is 345 g/mol. The van der Waals surface area contributed by atoms with Crippen LogP contribution in [0.25, 0.3) is 0 Å². The molecule has 4 nitrogen and oxygen atoms in total. The zero-order valence-electron chi connectivity index (χ0n) is 13.8. The highest BCUT2D eigenvalue weighted by Crippen LogP contribution is 2.31. The molecular formula is C17H22F3NO3. The van der Waals surface area contributed by atoms with Gasteiger partial charge < -0.3 is 10.1 Å². The van der Waals surface area contributed by atoms with Crippen LogP contribution in [0.15, 0.2) is 24.3 Å². The molecule has 0 unspecified atom stereocenters. The average molecular weight is 345 g/mol. The van der Waals surface area contributed by atoms with Gasteiger partial charge in [0.2, 0.25) is 0 Å². The second-order valence-electron chi connectivity index (χ2n) is 5.44. The summed E-state index contributed by atoms with van der Waals surface area (Å²) < 4.78 is 43.6. The minimum absolute atomic E-state index is 0.326. The van der Waals surface area contributed by atoms with Crippen LogP contribution >= 0.6 is 0 Å². The predicted octanol–water partition coefficient (Wildman–Crippen LogP) is 3.95. The van der Waals surface area contributed by atoms with Gasteiger partial charge >= 0.3 is 12.1 Å². The van der Waals surface area contributed by atoms with Gasteiger partial charge in [-0.05, 0) is 18.6 Å². The molecule has 0 bridgehead atoms. The van der Waals surface area contributed by atoms with Crippen molar-refractivity contribution in [2.75, 3.05) is 7.11 Å². The molecule has 24 heavy (non-hydrogen) atoms. The molecule has 7 heteroatoms. The molecule has 1 rings (SSSR count). The maximum Gasteiger partial charge on any atom is 0.417 e. The maximum absolute atomic E-state index is 13.0. The summed E-state index contributed by atoms with van der Waals surface area (Å²) in [7, 11) is 1.18. The Morgan fingerprint density at radius 3 is 2.42 bits per heavy atom. The second-order valence-corrected chi connectivity index (χ2v) is 5.44. The molecule has 0 radical (unpaired) electrons. The van der Waals surface area contributed by atoms with E-state index in [1.807, 2.05) is 6.92 Å². The number of esters is 1. The normalized spacial score (nSPS) is 12.5. The highest BCUT2D eigenvalue weighted by molar-refractivity contribution is 5.98. The van der Waals surface area contributed by atoms with Crippen LogP contribution in [0.3, 0.4) is 0 Å². The fourth-order valence-electron chi connectivity index (χ4n) is 2.33. The smallest absolute Gasteiger partial charge is 0.417 e. The molecule has 1 amide bonds. The Bertz CT molecular complexity index is 558. The van der Waals surface area contributed by atoms with E-state index < -0.39 is 35.2 Å². The molecule has 1 aromatic rings. The summed E-state index contributed by atoms with van der Waals surface area (Å²) in [6, 6.07) is 3.52. The van der Waals surface area contributed by atoms with Gasteiger partial charge in [0.05, 0.1) is 18.2 Å². The highest BCUT2D eigenvalue weighted by Gasteiger charge is 2.35. The van der Waals surface area contributed by atoms with Gasteiger partial charge in [-0.1, -0.05) is 44.7 Å². The summed E-state index contributed by atoms with van der Waals surface area (Å²) >= 11 is 0. The van der Waals surface area contributed by atoms with E-state index in [9.17, 15) is 22.8 Å². The number of amides is 1. The van der Waals surface area contributed by atoms with Gasteiger partial charge in [0, 0.05) is 0 Å². The van der Waals surface area contributed by atoms with E-state index in [4.69, 9.17) is 0 Å². The van der Waals surface area contributed by atoms with Crippen LogP contribution in [0.5, 0.6) is 0 Å². The molecule has 0 fully saturated rings. The van der Waals surface area contributed by atoms with Crippen LogP contribution in [0.1, 0.15) is 54.9 Å². The summed E-state index contributed by atoms with van der Waals surface area (Å²) in [6.45, 7) is 2.04. The lowest BCUT2D eigenvalue weighted by atomic mass is 10.0. The number of benzene rings is 1. The van der Waals surface area contributed by atoms with Gasteiger partial charge in [0.15, 0.2) is 0 Å². The zero-order valence-corrected chi connectivity index (χ0v) is 13.8. The van der Waals surface area contributed by atoms with Crippen molar-refractivity contribution in [2.24, 2.45) is 0 Å². The van der Waals surface area contributed by atoms with Crippen LogP contribution in [-0.2, 0) is 15.7 Å². The number of carbonyl (C=O) groups is 2. The van der Waals surface area contributed by atoms with E-state index in [0.717, 1.165) is 31.4 Å². The van der Waals surface area contributed by atoms with Crippen molar-refractivity contribution in [2.45, 2.75) is 51.2 Å². The predicted molar refractivity (Wildman–Crippen MR) is 83.5 cm³/mol. The fraction of sp³-hybridized carbons (Fsp3) is 0.529. The van der Waals surface area contributed by atoms with E-state index in [2.05, 4.69) is 10.1 Å². The van der Waals surface area contributed by atoms with Gasteiger partial charge in [0.25, 0.3) is 5.91 Å². The molecular weight excluding hydrogens is 323 g/mol. The number of halogens is 3. The lowest BCUT2D eigenvalue weighted by molar-refractivity contribution is -0.143. The molecule has 0 aromatic heterocycles. The first-order valence-corrected chi connectivity index (χ1v) is 7.86. The summed E-state index contributed by atoms with van der Waals surface area (Å²) in [5.41, 5.74) is -1.54. The molecule has 1 N–H and O–H groups in total. The lowest BCUT2D eigenvalue weighted by Gasteiger charge is -2.18. The molecule has 1 aromatic carbocycles. The Morgan fingerprint density at radius 2 is 1.83 bits per heavy atom. The molecule has 0 aliphatic rings. The number of hydrogen-bond donors (Lipinski definition) is 1. The van der Waals surface area contributed by atoms with Crippen molar-refractivity contribution in [3.8, 4) is 0 Å². The summed E-state index contributed by atoms with van der Waals surface area (Å²) in [4.78, 5) is 24.0. The topological polar surface area (TPSA) is 55.4 Å². The van der Waals surface area contributed by atoms with E-state index in [0.29, 0.717) is 12.8 Å². The summed E-state index contributed by atoms with van der Waals surface area (Å²) in [6.07, 6.45) is -0.775. The Morgan fingerprint density at radius 1 is 1.17 bits per heavy atom. The van der Waals surface area contributed by atoms with Gasteiger partial charge in [-0.3, -0.25) is 4.79 Å². The Hall–Kier alpha value is -2.05. The number of methoxy groups -OCH3 is 1. The molecule has 0 saturated heterocycles. The standard InChI is InChI=1S/C17H22F3NO3/c1-3-4-5-6-11-14(16(23)24-2)21-15(22)12-9-7-8-10-13(12)17(18,19)20/h7-10,14H,3-6,11H2,1-2H3,(H,21,22)/t14-/m0/s1. The third-order valence-electron chi connectivity index (χ3n) is 3.61. The zero-order chi connectivity index (χ0) is 18.2. The van der Waals surface area contributed by atoms with Crippen molar-refractivity contribution >= 4 is 11.9 Å². The Balaban J connectivity index is 2.87. The van der Waals surface area contributed by atoms with Crippen LogP contribution in [0.4, 0.5) is 13.2 Å². The third kappa shape index (κ3) is 5.86. The number of unbranched alkanes of at least 4 members (excludes halogenated alkanes) is 3. The van der Waals surface area contributed by atoms with Crippen LogP contribution in [-0.4, -0.2) is 25.0 Å². The summed E-state index contributed by atoms with van der Waals surface area (Å²) in [5, 5.41) is 2.36. The SMILES string of the molecule is CCCCCC[C@H](NC(=O)c1ccccc1C(F)(F)F)C(=O)OC. The first-order chi connectivity index (χ1) is 11.3.